The number of rotatable bonds is 7. The number of hydrogen-bond acceptors (Lipinski definition) is 5. The lowest BCUT2D eigenvalue weighted by Crippen LogP contribution is -2.31. The summed E-state index contributed by atoms with van der Waals surface area (Å²) in [6.07, 6.45) is 0. The van der Waals surface area contributed by atoms with Crippen molar-refractivity contribution in [3.63, 3.8) is 0 Å². The number of H-pyrrole nitrogens is 1. The average molecular weight is 476 g/mol. The van der Waals surface area contributed by atoms with Crippen molar-refractivity contribution >= 4 is 21.6 Å². The maximum atomic E-state index is 14.3. The molecule has 0 unspecified atom stereocenters. The van der Waals surface area contributed by atoms with E-state index in [1.165, 1.54) is 30.3 Å². The number of hydrogen-bond donors (Lipinski definition) is 1. The van der Waals surface area contributed by atoms with Gasteiger partial charge in [-0.2, -0.15) is 9.52 Å². The van der Waals surface area contributed by atoms with Crippen molar-refractivity contribution in [2.75, 3.05) is 0 Å². The summed E-state index contributed by atoms with van der Waals surface area (Å²) in [6.45, 7) is -0.610. The van der Waals surface area contributed by atoms with Gasteiger partial charge in [-0.3, -0.25) is 0 Å². The molecule has 0 spiro atoms. The zero-order chi connectivity index (χ0) is 22.7. The first-order valence-electron chi connectivity index (χ1n) is 9.36. The molecule has 0 radical (unpaired) electrons. The van der Waals surface area contributed by atoms with Gasteiger partial charge < -0.3 is 0 Å². The molecule has 164 valence electrons. The normalized spacial score (nSPS) is 11.8. The van der Waals surface area contributed by atoms with Crippen LogP contribution < -0.4 is 0 Å². The number of nitrogens with one attached hydrogen (secondary N) is 1. The molecule has 0 fully saturated rings. The highest BCUT2D eigenvalue weighted by molar-refractivity contribution is 7.89. The van der Waals surface area contributed by atoms with E-state index in [4.69, 9.17) is 11.6 Å². The highest BCUT2D eigenvalue weighted by Crippen LogP contribution is 2.25. The van der Waals surface area contributed by atoms with Crippen LogP contribution in [0.3, 0.4) is 0 Å². The Morgan fingerprint density at radius 1 is 0.906 bits per heavy atom. The van der Waals surface area contributed by atoms with Gasteiger partial charge in [0.15, 0.2) is 0 Å². The van der Waals surface area contributed by atoms with E-state index in [9.17, 15) is 17.2 Å². The number of tetrazole rings is 1. The molecular weight excluding hydrogens is 460 g/mol. The first-order valence-corrected chi connectivity index (χ1v) is 11.2. The van der Waals surface area contributed by atoms with E-state index in [1.54, 1.807) is 24.3 Å². The third-order valence-corrected chi connectivity index (χ3v) is 6.82. The van der Waals surface area contributed by atoms with Crippen molar-refractivity contribution in [2.45, 2.75) is 18.0 Å². The highest BCUT2D eigenvalue weighted by Gasteiger charge is 2.27. The van der Waals surface area contributed by atoms with Crippen LogP contribution in [0.5, 0.6) is 0 Å². The molecule has 0 aliphatic rings. The fraction of sp³-hybridized carbons (Fsp3) is 0.0952. The lowest BCUT2D eigenvalue weighted by molar-refractivity contribution is 0.384. The highest BCUT2D eigenvalue weighted by atomic mass is 35.5. The van der Waals surface area contributed by atoms with Crippen molar-refractivity contribution in [3.05, 3.63) is 94.5 Å². The van der Waals surface area contributed by atoms with Gasteiger partial charge in [0.1, 0.15) is 11.6 Å². The molecule has 0 amide bonds. The molecular formula is C21H16ClF2N5O2S. The smallest absolute Gasteiger partial charge is 0.207 e. The van der Waals surface area contributed by atoms with E-state index in [-0.39, 0.29) is 17.0 Å². The van der Waals surface area contributed by atoms with Gasteiger partial charge in [0.05, 0.1) is 4.90 Å². The molecule has 7 nitrogen and oxygen atoms in total. The Balaban J connectivity index is 1.69. The number of aromatic nitrogens is 4. The standard InChI is InChI=1S/C21H16ClF2N5O2S/c22-16-8-10-17(11-9-16)32(30,31)29(13-18-19(23)2-1-3-20(18)24)12-14-4-6-15(7-5-14)21-25-27-28-26-21/h1-11H,12-13H2,(H,25,26,27,28). The second kappa shape index (κ2) is 9.11. The van der Waals surface area contributed by atoms with Crippen LogP contribution in [0.4, 0.5) is 8.78 Å². The second-order valence-electron chi connectivity index (χ2n) is 6.86. The Kier molecular flexibility index (Phi) is 6.26. The van der Waals surface area contributed by atoms with Gasteiger partial charge in [0.2, 0.25) is 15.8 Å². The Hall–Kier alpha value is -3.21. The van der Waals surface area contributed by atoms with Crippen molar-refractivity contribution in [2.24, 2.45) is 0 Å². The maximum Gasteiger partial charge on any atom is 0.243 e. The number of aromatic amines is 1. The number of nitrogens with zero attached hydrogens (tertiary/aromatic N) is 4. The number of sulfonamides is 1. The molecule has 0 aliphatic heterocycles. The fourth-order valence-corrected chi connectivity index (χ4v) is 4.61. The quantitative estimate of drug-likeness (QED) is 0.432. The van der Waals surface area contributed by atoms with Crippen LogP contribution >= 0.6 is 11.6 Å². The Labute approximate surface area is 187 Å². The predicted molar refractivity (Wildman–Crippen MR) is 114 cm³/mol. The third-order valence-electron chi connectivity index (χ3n) is 4.76. The minimum absolute atomic E-state index is 0.0398. The van der Waals surface area contributed by atoms with Gasteiger partial charge >= 0.3 is 0 Å². The van der Waals surface area contributed by atoms with Gasteiger partial charge in [-0.25, -0.2) is 17.2 Å². The minimum Gasteiger partial charge on any atom is -0.207 e. The summed E-state index contributed by atoms with van der Waals surface area (Å²) < 4.78 is 56.3. The maximum absolute atomic E-state index is 14.3. The lowest BCUT2D eigenvalue weighted by atomic mass is 10.1. The van der Waals surface area contributed by atoms with Crippen LogP contribution in [0.25, 0.3) is 11.4 Å². The summed E-state index contributed by atoms with van der Waals surface area (Å²) in [5.74, 6) is -1.27. The van der Waals surface area contributed by atoms with E-state index in [1.807, 2.05) is 0 Å². The zero-order valence-corrected chi connectivity index (χ0v) is 18.0. The largest absolute Gasteiger partial charge is 0.243 e. The van der Waals surface area contributed by atoms with Gasteiger partial charge in [0, 0.05) is 29.2 Å². The summed E-state index contributed by atoms with van der Waals surface area (Å²) in [5.41, 5.74) is 0.940. The van der Waals surface area contributed by atoms with Gasteiger partial charge in [-0.15, -0.1) is 10.2 Å². The molecule has 11 heteroatoms. The van der Waals surface area contributed by atoms with E-state index >= 15 is 0 Å². The number of benzene rings is 3. The predicted octanol–water partition coefficient (Wildman–Crippen LogP) is 4.19. The third kappa shape index (κ3) is 4.67. The molecule has 0 aliphatic carbocycles. The van der Waals surface area contributed by atoms with Crippen LogP contribution in [-0.4, -0.2) is 33.3 Å². The van der Waals surface area contributed by atoms with Crippen LogP contribution in [0.2, 0.25) is 5.02 Å². The second-order valence-corrected chi connectivity index (χ2v) is 9.23. The topological polar surface area (TPSA) is 91.8 Å². The van der Waals surface area contributed by atoms with E-state index in [2.05, 4.69) is 20.6 Å². The molecule has 1 N–H and O–H groups in total. The molecule has 1 heterocycles. The van der Waals surface area contributed by atoms with Gasteiger partial charge in [-0.1, -0.05) is 41.9 Å². The van der Waals surface area contributed by atoms with Crippen LogP contribution in [0.15, 0.2) is 71.6 Å². The fourth-order valence-electron chi connectivity index (χ4n) is 3.09. The minimum atomic E-state index is -4.10. The molecule has 4 aromatic rings. The molecule has 0 atom stereocenters. The number of halogens is 3. The molecule has 3 aromatic carbocycles. The van der Waals surface area contributed by atoms with E-state index < -0.39 is 28.2 Å². The molecule has 32 heavy (non-hydrogen) atoms. The summed E-state index contributed by atoms with van der Waals surface area (Å²) in [5, 5.41) is 14.0. The summed E-state index contributed by atoms with van der Waals surface area (Å²) in [7, 11) is -4.10. The molecule has 0 bridgehead atoms. The van der Waals surface area contributed by atoms with Gasteiger partial charge in [-0.05, 0) is 47.2 Å². The zero-order valence-electron chi connectivity index (χ0n) is 16.4. The van der Waals surface area contributed by atoms with E-state index in [0.29, 0.717) is 22.0 Å². The van der Waals surface area contributed by atoms with Crippen LogP contribution in [0, 0.1) is 11.6 Å². The van der Waals surface area contributed by atoms with Crippen LogP contribution in [0.1, 0.15) is 11.1 Å². The van der Waals surface area contributed by atoms with Gasteiger partial charge in [0.25, 0.3) is 0 Å². The van der Waals surface area contributed by atoms with Crippen molar-refractivity contribution in [3.8, 4) is 11.4 Å². The summed E-state index contributed by atoms with van der Waals surface area (Å²) >= 11 is 5.88. The summed E-state index contributed by atoms with van der Waals surface area (Å²) in [4.78, 5) is -0.0398. The van der Waals surface area contributed by atoms with E-state index in [0.717, 1.165) is 16.4 Å². The first-order chi connectivity index (χ1) is 15.3. The molecule has 0 saturated heterocycles. The Morgan fingerprint density at radius 2 is 1.56 bits per heavy atom. The van der Waals surface area contributed by atoms with Crippen molar-refractivity contribution in [1.82, 2.24) is 24.9 Å². The lowest BCUT2D eigenvalue weighted by Gasteiger charge is -2.23. The van der Waals surface area contributed by atoms with Crippen molar-refractivity contribution in [1.29, 1.82) is 0 Å². The average Bonchev–Trinajstić information content (AvgIpc) is 3.31. The molecule has 0 saturated carbocycles. The van der Waals surface area contributed by atoms with Crippen molar-refractivity contribution < 1.29 is 17.2 Å². The summed E-state index contributed by atoms with van der Waals surface area (Å²) in [6, 6.07) is 15.8. The SMILES string of the molecule is O=S(=O)(c1ccc(Cl)cc1)N(Cc1ccc(-c2nn[nH]n2)cc1)Cc1c(F)cccc1F. The monoisotopic (exact) mass is 475 g/mol. The van der Waals surface area contributed by atoms with Crippen LogP contribution in [-0.2, 0) is 23.1 Å². The first kappa shape index (κ1) is 22.0. The Morgan fingerprint density at radius 3 is 2.16 bits per heavy atom. The Bertz CT molecular complexity index is 1300. The molecule has 4 rings (SSSR count). The molecule has 1 aromatic heterocycles.